The van der Waals surface area contributed by atoms with Crippen LogP contribution in [0, 0.1) is 22.6 Å². The fourth-order valence-electron chi connectivity index (χ4n) is 1.29. The molecule has 0 unspecified atom stereocenters. The summed E-state index contributed by atoms with van der Waals surface area (Å²) in [4.78, 5) is 11.4. The number of ether oxygens (including phenoxy) is 1. The third-order valence-corrected chi connectivity index (χ3v) is 2.12. The number of benzene rings is 1. The first-order chi connectivity index (χ1) is 8.81. The largest absolute Gasteiger partial charge is 0.491 e. The van der Waals surface area contributed by atoms with Crippen molar-refractivity contribution >= 4 is 11.6 Å². The van der Waals surface area contributed by atoms with E-state index in [1.54, 1.807) is 6.07 Å². The van der Waals surface area contributed by atoms with Gasteiger partial charge in [-0.05, 0) is 17.5 Å². The molecule has 1 aromatic carbocycles. The van der Waals surface area contributed by atoms with Crippen LogP contribution in [0.15, 0.2) is 18.2 Å². The van der Waals surface area contributed by atoms with Crippen LogP contribution in [0.3, 0.4) is 0 Å². The lowest BCUT2D eigenvalue weighted by atomic mass is 9.99. The fraction of sp³-hybridized carbons (Fsp3) is 0.429. The average Bonchev–Trinajstić information content (AvgIpc) is 2.27. The van der Waals surface area contributed by atoms with Crippen LogP contribution in [0.2, 0.25) is 0 Å². The van der Waals surface area contributed by atoms with E-state index in [0.717, 1.165) is 0 Å². The SMILES string of the molecule is CC(C)(C)COc1ccc(F)cc1NC(=O)CC#N. The van der Waals surface area contributed by atoms with Crippen LogP contribution in [0.25, 0.3) is 0 Å². The minimum absolute atomic E-state index is 0.0533. The van der Waals surface area contributed by atoms with E-state index in [4.69, 9.17) is 10.00 Å². The van der Waals surface area contributed by atoms with E-state index >= 15 is 0 Å². The Labute approximate surface area is 112 Å². The molecular weight excluding hydrogens is 247 g/mol. The molecule has 5 heteroatoms. The number of hydrogen-bond acceptors (Lipinski definition) is 3. The highest BCUT2D eigenvalue weighted by molar-refractivity contribution is 5.93. The van der Waals surface area contributed by atoms with E-state index in [2.05, 4.69) is 5.32 Å². The van der Waals surface area contributed by atoms with E-state index in [0.29, 0.717) is 12.4 Å². The van der Waals surface area contributed by atoms with Gasteiger partial charge in [-0.25, -0.2) is 4.39 Å². The van der Waals surface area contributed by atoms with Gasteiger partial charge < -0.3 is 10.1 Å². The van der Waals surface area contributed by atoms with Crippen molar-refractivity contribution in [3.8, 4) is 11.8 Å². The summed E-state index contributed by atoms with van der Waals surface area (Å²) in [7, 11) is 0. The highest BCUT2D eigenvalue weighted by Crippen LogP contribution is 2.27. The molecule has 0 atom stereocenters. The molecule has 102 valence electrons. The van der Waals surface area contributed by atoms with Crippen molar-refractivity contribution in [2.45, 2.75) is 27.2 Å². The van der Waals surface area contributed by atoms with Crippen LogP contribution in [0.4, 0.5) is 10.1 Å². The van der Waals surface area contributed by atoms with Gasteiger partial charge in [0, 0.05) is 6.07 Å². The number of hydrogen-bond donors (Lipinski definition) is 1. The minimum Gasteiger partial charge on any atom is -0.491 e. The van der Waals surface area contributed by atoms with E-state index < -0.39 is 11.7 Å². The first-order valence-electron chi connectivity index (χ1n) is 5.91. The van der Waals surface area contributed by atoms with Crippen LogP contribution in [0.1, 0.15) is 27.2 Å². The smallest absolute Gasteiger partial charge is 0.238 e. The van der Waals surface area contributed by atoms with Gasteiger partial charge in [0.1, 0.15) is 18.0 Å². The number of nitrogens with one attached hydrogen (secondary N) is 1. The summed E-state index contributed by atoms with van der Waals surface area (Å²) in [6.45, 7) is 6.44. The number of carbonyl (C=O) groups excluding carboxylic acids is 1. The molecule has 0 aromatic heterocycles. The number of rotatable bonds is 4. The van der Waals surface area contributed by atoms with Crippen molar-refractivity contribution in [1.82, 2.24) is 0 Å². The van der Waals surface area contributed by atoms with Gasteiger partial charge in [-0.1, -0.05) is 20.8 Å². The molecule has 0 radical (unpaired) electrons. The summed E-state index contributed by atoms with van der Waals surface area (Å²) in [6, 6.07) is 5.63. The Morgan fingerprint density at radius 1 is 1.47 bits per heavy atom. The van der Waals surface area contributed by atoms with Crippen molar-refractivity contribution in [3.63, 3.8) is 0 Å². The van der Waals surface area contributed by atoms with Gasteiger partial charge in [0.15, 0.2) is 0 Å². The average molecular weight is 264 g/mol. The minimum atomic E-state index is -0.492. The molecule has 0 saturated carbocycles. The van der Waals surface area contributed by atoms with Gasteiger partial charge in [-0.3, -0.25) is 4.79 Å². The zero-order valence-electron chi connectivity index (χ0n) is 11.3. The van der Waals surface area contributed by atoms with Crippen molar-refractivity contribution in [1.29, 1.82) is 5.26 Å². The number of nitriles is 1. The Morgan fingerprint density at radius 3 is 2.74 bits per heavy atom. The van der Waals surface area contributed by atoms with Crippen LogP contribution in [-0.4, -0.2) is 12.5 Å². The van der Waals surface area contributed by atoms with Gasteiger partial charge in [0.05, 0.1) is 18.4 Å². The summed E-state index contributed by atoms with van der Waals surface area (Å²) >= 11 is 0. The van der Waals surface area contributed by atoms with E-state index in [-0.39, 0.29) is 17.5 Å². The molecule has 0 heterocycles. The molecule has 0 bridgehead atoms. The Balaban J connectivity index is 2.86. The number of amides is 1. The number of nitrogens with zero attached hydrogens (tertiary/aromatic N) is 1. The van der Waals surface area contributed by atoms with Gasteiger partial charge in [0.25, 0.3) is 0 Å². The molecule has 0 fully saturated rings. The summed E-state index contributed by atoms with van der Waals surface area (Å²) < 4.78 is 18.8. The first kappa shape index (κ1) is 15.0. The normalized spacial score (nSPS) is 10.7. The molecule has 0 saturated heterocycles. The summed E-state index contributed by atoms with van der Waals surface area (Å²) in [5, 5.41) is 10.9. The van der Waals surface area contributed by atoms with Crippen LogP contribution in [-0.2, 0) is 4.79 Å². The van der Waals surface area contributed by atoms with E-state index in [1.165, 1.54) is 18.2 Å². The Kier molecular flexibility index (Phi) is 4.87. The predicted octanol–water partition coefficient (Wildman–Crippen LogP) is 3.10. The molecule has 4 nitrogen and oxygen atoms in total. The van der Waals surface area contributed by atoms with Gasteiger partial charge in [0.2, 0.25) is 5.91 Å². The number of carbonyl (C=O) groups is 1. The number of anilines is 1. The van der Waals surface area contributed by atoms with Crippen molar-refractivity contribution in [2.24, 2.45) is 5.41 Å². The topological polar surface area (TPSA) is 62.1 Å². The molecule has 1 aromatic rings. The molecule has 0 aliphatic rings. The Hall–Kier alpha value is -2.09. The molecule has 1 N–H and O–H groups in total. The molecule has 0 aliphatic carbocycles. The van der Waals surface area contributed by atoms with Crippen molar-refractivity contribution < 1.29 is 13.9 Å². The maximum absolute atomic E-state index is 13.2. The molecular formula is C14H17FN2O2. The zero-order chi connectivity index (χ0) is 14.5. The van der Waals surface area contributed by atoms with E-state index in [1.807, 2.05) is 20.8 Å². The highest BCUT2D eigenvalue weighted by Gasteiger charge is 2.14. The number of halogens is 1. The summed E-state index contributed by atoms with van der Waals surface area (Å²) in [6.07, 6.45) is -0.283. The summed E-state index contributed by atoms with van der Waals surface area (Å²) in [5.41, 5.74) is 0.187. The fourth-order valence-corrected chi connectivity index (χ4v) is 1.29. The molecule has 1 rings (SSSR count). The molecule has 0 aliphatic heterocycles. The third-order valence-electron chi connectivity index (χ3n) is 2.12. The third kappa shape index (κ3) is 5.38. The standard InChI is InChI=1S/C14H17FN2O2/c1-14(2,3)9-19-12-5-4-10(15)8-11(12)17-13(18)6-7-16/h4-5,8H,6,9H2,1-3H3,(H,17,18). The maximum atomic E-state index is 13.2. The molecule has 19 heavy (non-hydrogen) atoms. The van der Waals surface area contributed by atoms with Crippen molar-refractivity contribution in [2.75, 3.05) is 11.9 Å². The Bertz CT molecular complexity index is 501. The zero-order valence-corrected chi connectivity index (χ0v) is 11.3. The first-order valence-corrected chi connectivity index (χ1v) is 5.91. The second kappa shape index (κ2) is 6.19. The lowest BCUT2D eigenvalue weighted by Gasteiger charge is -2.20. The van der Waals surface area contributed by atoms with Gasteiger partial charge in [-0.2, -0.15) is 5.26 Å². The van der Waals surface area contributed by atoms with Gasteiger partial charge >= 0.3 is 0 Å². The van der Waals surface area contributed by atoms with Crippen LogP contribution >= 0.6 is 0 Å². The molecule has 0 spiro atoms. The predicted molar refractivity (Wildman–Crippen MR) is 70.2 cm³/mol. The highest BCUT2D eigenvalue weighted by atomic mass is 19.1. The lowest BCUT2D eigenvalue weighted by Crippen LogP contribution is -2.18. The monoisotopic (exact) mass is 264 g/mol. The van der Waals surface area contributed by atoms with Crippen molar-refractivity contribution in [3.05, 3.63) is 24.0 Å². The second-order valence-electron chi connectivity index (χ2n) is 5.37. The summed E-state index contributed by atoms with van der Waals surface area (Å²) in [5.74, 6) is -0.577. The molecule has 1 amide bonds. The Morgan fingerprint density at radius 2 is 2.16 bits per heavy atom. The van der Waals surface area contributed by atoms with Crippen LogP contribution < -0.4 is 10.1 Å². The second-order valence-corrected chi connectivity index (χ2v) is 5.37. The lowest BCUT2D eigenvalue weighted by molar-refractivity contribution is -0.115. The maximum Gasteiger partial charge on any atom is 0.238 e. The van der Waals surface area contributed by atoms with E-state index in [9.17, 15) is 9.18 Å². The van der Waals surface area contributed by atoms with Gasteiger partial charge in [-0.15, -0.1) is 0 Å². The van der Waals surface area contributed by atoms with Crippen LogP contribution in [0.5, 0.6) is 5.75 Å². The quantitative estimate of drug-likeness (QED) is 0.908.